The second-order valence-corrected chi connectivity index (χ2v) is 9.13. The van der Waals surface area contributed by atoms with Gasteiger partial charge in [-0.3, -0.25) is 0 Å². The molecule has 0 saturated carbocycles. The molecule has 2 aromatic carbocycles. The Morgan fingerprint density at radius 2 is 1.96 bits per heavy atom. The van der Waals surface area contributed by atoms with Gasteiger partial charge in [0.25, 0.3) is 0 Å². The first-order valence-corrected chi connectivity index (χ1v) is 10.7. The van der Waals surface area contributed by atoms with Crippen molar-refractivity contribution in [1.82, 2.24) is 9.29 Å². The largest absolute Gasteiger partial charge is 0.440 e. The minimum atomic E-state index is -3.49. The standard InChI is InChI=1S/C19H18ClFN2O3S/c20-15-4-5-18-17(11-15)22-19(26-18)14-6-8-23(9-7-14)27(24,25)12-13-2-1-3-16(21)10-13/h1-5,10-11,14H,6-9,12H2. The molecular weight excluding hydrogens is 391 g/mol. The second kappa shape index (κ2) is 7.22. The highest BCUT2D eigenvalue weighted by molar-refractivity contribution is 7.88. The summed E-state index contributed by atoms with van der Waals surface area (Å²) in [6.45, 7) is 0.781. The minimum absolute atomic E-state index is 0.0665. The normalized spacial score (nSPS) is 16.8. The molecule has 2 heterocycles. The lowest BCUT2D eigenvalue weighted by Crippen LogP contribution is -2.38. The lowest BCUT2D eigenvalue weighted by molar-refractivity contribution is 0.293. The number of fused-ring (bicyclic) bond motifs is 1. The maximum atomic E-state index is 13.3. The van der Waals surface area contributed by atoms with Crippen molar-refractivity contribution in [2.24, 2.45) is 0 Å². The van der Waals surface area contributed by atoms with E-state index >= 15 is 0 Å². The Labute approximate surface area is 161 Å². The average Bonchev–Trinajstić information content (AvgIpc) is 3.04. The zero-order valence-corrected chi connectivity index (χ0v) is 16.0. The van der Waals surface area contributed by atoms with E-state index in [2.05, 4.69) is 4.98 Å². The molecule has 3 aromatic rings. The van der Waals surface area contributed by atoms with Crippen LogP contribution in [0.25, 0.3) is 11.1 Å². The molecular formula is C19H18ClFN2O3S. The predicted octanol–water partition coefficient (Wildman–Crippen LogP) is 4.33. The van der Waals surface area contributed by atoms with Crippen LogP contribution in [0.5, 0.6) is 0 Å². The maximum absolute atomic E-state index is 13.3. The highest BCUT2D eigenvalue weighted by atomic mass is 35.5. The molecule has 5 nitrogen and oxygen atoms in total. The number of sulfonamides is 1. The van der Waals surface area contributed by atoms with Crippen molar-refractivity contribution >= 4 is 32.7 Å². The van der Waals surface area contributed by atoms with Gasteiger partial charge in [0.15, 0.2) is 11.5 Å². The van der Waals surface area contributed by atoms with Crippen LogP contribution in [0.1, 0.15) is 30.2 Å². The first-order valence-electron chi connectivity index (χ1n) is 8.69. The first-order chi connectivity index (χ1) is 12.9. The third kappa shape index (κ3) is 4.00. The number of rotatable bonds is 4. The summed E-state index contributed by atoms with van der Waals surface area (Å²) in [4.78, 5) is 4.50. The van der Waals surface area contributed by atoms with E-state index in [0.29, 0.717) is 53.5 Å². The highest BCUT2D eigenvalue weighted by Gasteiger charge is 2.31. The maximum Gasteiger partial charge on any atom is 0.218 e. The fourth-order valence-electron chi connectivity index (χ4n) is 3.40. The van der Waals surface area contributed by atoms with Gasteiger partial charge < -0.3 is 4.42 Å². The van der Waals surface area contributed by atoms with Crippen LogP contribution >= 0.6 is 11.6 Å². The fraction of sp³-hybridized carbons (Fsp3) is 0.316. The number of hydrogen-bond acceptors (Lipinski definition) is 4. The molecule has 0 radical (unpaired) electrons. The summed E-state index contributed by atoms with van der Waals surface area (Å²) in [5, 5.41) is 0.598. The van der Waals surface area contributed by atoms with Gasteiger partial charge in [-0.05, 0) is 48.7 Å². The van der Waals surface area contributed by atoms with Crippen LogP contribution in [0, 0.1) is 5.82 Å². The molecule has 27 heavy (non-hydrogen) atoms. The van der Waals surface area contributed by atoms with Crippen molar-refractivity contribution in [3.8, 4) is 0 Å². The third-order valence-electron chi connectivity index (χ3n) is 4.80. The van der Waals surface area contributed by atoms with Gasteiger partial charge >= 0.3 is 0 Å². The number of piperidine rings is 1. The smallest absolute Gasteiger partial charge is 0.218 e. The quantitative estimate of drug-likeness (QED) is 0.644. The first kappa shape index (κ1) is 18.4. The summed E-state index contributed by atoms with van der Waals surface area (Å²) in [7, 11) is -3.49. The average molecular weight is 409 g/mol. The van der Waals surface area contributed by atoms with Gasteiger partial charge in [0.2, 0.25) is 10.0 Å². The minimum Gasteiger partial charge on any atom is -0.440 e. The fourth-order valence-corrected chi connectivity index (χ4v) is 5.12. The van der Waals surface area contributed by atoms with Crippen molar-refractivity contribution in [2.75, 3.05) is 13.1 Å². The third-order valence-corrected chi connectivity index (χ3v) is 6.89. The molecule has 4 rings (SSSR count). The monoisotopic (exact) mass is 408 g/mol. The van der Waals surface area contributed by atoms with Crippen LogP contribution in [-0.2, 0) is 15.8 Å². The zero-order chi connectivity index (χ0) is 19.0. The van der Waals surface area contributed by atoms with E-state index in [4.69, 9.17) is 16.0 Å². The molecule has 1 saturated heterocycles. The van der Waals surface area contributed by atoms with Crippen molar-refractivity contribution in [1.29, 1.82) is 0 Å². The highest BCUT2D eigenvalue weighted by Crippen LogP contribution is 2.32. The van der Waals surface area contributed by atoms with Crippen molar-refractivity contribution in [2.45, 2.75) is 24.5 Å². The Morgan fingerprint density at radius 1 is 1.19 bits per heavy atom. The van der Waals surface area contributed by atoms with Crippen molar-refractivity contribution in [3.05, 3.63) is 64.8 Å². The lowest BCUT2D eigenvalue weighted by atomic mass is 9.98. The molecule has 0 atom stereocenters. The van der Waals surface area contributed by atoms with Crippen LogP contribution in [-0.4, -0.2) is 30.8 Å². The molecule has 1 aromatic heterocycles. The van der Waals surface area contributed by atoms with Gasteiger partial charge in [0.1, 0.15) is 11.3 Å². The summed E-state index contributed by atoms with van der Waals surface area (Å²) in [5.41, 5.74) is 1.84. The Morgan fingerprint density at radius 3 is 2.70 bits per heavy atom. The Hall–Kier alpha value is -1.96. The molecule has 0 aliphatic carbocycles. The van der Waals surface area contributed by atoms with Crippen LogP contribution in [0.2, 0.25) is 5.02 Å². The summed E-state index contributed by atoms with van der Waals surface area (Å²) in [6, 6.07) is 11.0. The van der Waals surface area contributed by atoms with E-state index in [1.165, 1.54) is 22.5 Å². The van der Waals surface area contributed by atoms with Gasteiger partial charge in [-0.2, -0.15) is 0 Å². The van der Waals surface area contributed by atoms with Gasteiger partial charge in [0, 0.05) is 24.0 Å². The summed E-state index contributed by atoms with van der Waals surface area (Å²) >= 11 is 5.98. The van der Waals surface area contributed by atoms with Crippen LogP contribution in [0.15, 0.2) is 46.9 Å². The molecule has 0 amide bonds. The second-order valence-electron chi connectivity index (χ2n) is 6.72. The van der Waals surface area contributed by atoms with Crippen molar-refractivity contribution < 1.29 is 17.2 Å². The van der Waals surface area contributed by atoms with E-state index in [1.54, 1.807) is 24.3 Å². The van der Waals surface area contributed by atoms with E-state index in [9.17, 15) is 12.8 Å². The number of benzene rings is 2. The van der Waals surface area contributed by atoms with Gasteiger partial charge in [-0.15, -0.1) is 0 Å². The summed E-state index contributed by atoms with van der Waals surface area (Å²) < 4.78 is 45.9. The molecule has 0 spiro atoms. The molecule has 0 N–H and O–H groups in total. The van der Waals surface area contributed by atoms with E-state index in [0.717, 1.165) is 0 Å². The van der Waals surface area contributed by atoms with Crippen LogP contribution in [0.3, 0.4) is 0 Å². The molecule has 1 fully saturated rings. The van der Waals surface area contributed by atoms with E-state index < -0.39 is 15.8 Å². The number of halogens is 2. The number of oxazole rings is 1. The van der Waals surface area contributed by atoms with Gasteiger partial charge in [-0.1, -0.05) is 23.7 Å². The van der Waals surface area contributed by atoms with Crippen LogP contribution in [0.4, 0.5) is 4.39 Å². The van der Waals surface area contributed by atoms with E-state index in [1.807, 2.05) is 0 Å². The molecule has 1 aliphatic heterocycles. The SMILES string of the molecule is O=S(=O)(Cc1cccc(F)c1)N1CCC(c2nc3cc(Cl)ccc3o2)CC1. The predicted molar refractivity (Wildman–Crippen MR) is 102 cm³/mol. The van der Waals surface area contributed by atoms with Crippen LogP contribution < -0.4 is 0 Å². The molecule has 142 valence electrons. The number of aromatic nitrogens is 1. The summed E-state index contributed by atoms with van der Waals surface area (Å²) in [6.07, 6.45) is 1.26. The Bertz CT molecular complexity index is 1080. The molecule has 0 bridgehead atoms. The number of nitrogens with zero attached hydrogens (tertiary/aromatic N) is 2. The number of hydrogen-bond donors (Lipinski definition) is 0. The van der Waals surface area contributed by atoms with Gasteiger partial charge in [-0.25, -0.2) is 22.1 Å². The van der Waals surface area contributed by atoms with Gasteiger partial charge in [0.05, 0.1) is 5.75 Å². The Balaban J connectivity index is 1.44. The lowest BCUT2D eigenvalue weighted by Gasteiger charge is -2.29. The summed E-state index contributed by atoms with van der Waals surface area (Å²) in [5.74, 6) is 0.0558. The zero-order valence-electron chi connectivity index (χ0n) is 14.4. The topological polar surface area (TPSA) is 63.4 Å². The van der Waals surface area contributed by atoms with Crippen molar-refractivity contribution in [3.63, 3.8) is 0 Å². The molecule has 8 heteroatoms. The van der Waals surface area contributed by atoms with E-state index in [-0.39, 0.29) is 11.7 Å². The molecule has 0 unspecified atom stereocenters. The Kier molecular flexibility index (Phi) is 4.92. The molecule has 1 aliphatic rings.